The highest BCUT2D eigenvalue weighted by Gasteiger charge is 2.29. The molecule has 142 valence electrons. The van der Waals surface area contributed by atoms with Crippen molar-refractivity contribution in [3.05, 3.63) is 65.5 Å². The van der Waals surface area contributed by atoms with E-state index in [1.807, 2.05) is 30.3 Å². The highest BCUT2D eigenvalue weighted by atomic mass is 32.2. The first-order valence-corrected chi connectivity index (χ1v) is 10.4. The summed E-state index contributed by atoms with van der Waals surface area (Å²) in [4.78, 5) is 30.6. The molecule has 0 saturated carbocycles. The fraction of sp³-hybridized carbons (Fsp3) is 0.316. The summed E-state index contributed by atoms with van der Waals surface area (Å²) < 4.78 is 23.0. The Labute approximate surface area is 158 Å². The van der Waals surface area contributed by atoms with Gasteiger partial charge in [0.05, 0.1) is 11.5 Å². The Bertz CT molecular complexity index is 944. The van der Waals surface area contributed by atoms with Crippen molar-refractivity contribution in [3.8, 4) is 0 Å². The number of carbonyl (C=O) groups is 2. The first-order chi connectivity index (χ1) is 12.8. The molecule has 7 nitrogen and oxygen atoms in total. The van der Waals surface area contributed by atoms with Gasteiger partial charge in [-0.3, -0.25) is 14.6 Å². The standard InChI is InChI=1S/C19H21N3O4S/c1-22(12-14-5-3-2-4-6-14)19(24)15-7-9-20-17(11-15)18(23)21-16-8-10-27(25,26)13-16/h2-7,9,11,16H,8,10,12-13H2,1H3,(H,21,23). The molecule has 0 aliphatic carbocycles. The Hall–Kier alpha value is -2.74. The van der Waals surface area contributed by atoms with Crippen LogP contribution in [0.25, 0.3) is 0 Å². The fourth-order valence-corrected chi connectivity index (χ4v) is 4.68. The van der Waals surface area contributed by atoms with Gasteiger partial charge in [-0.1, -0.05) is 30.3 Å². The van der Waals surface area contributed by atoms with Gasteiger partial charge in [-0.2, -0.15) is 0 Å². The van der Waals surface area contributed by atoms with Crippen LogP contribution in [0.1, 0.15) is 32.8 Å². The zero-order valence-corrected chi connectivity index (χ0v) is 15.8. The molecule has 1 aromatic carbocycles. The molecule has 1 aliphatic heterocycles. The third-order valence-electron chi connectivity index (χ3n) is 4.42. The lowest BCUT2D eigenvalue weighted by atomic mass is 10.1. The Morgan fingerprint density at radius 1 is 1.22 bits per heavy atom. The van der Waals surface area contributed by atoms with E-state index in [1.165, 1.54) is 12.3 Å². The summed E-state index contributed by atoms with van der Waals surface area (Å²) >= 11 is 0. The van der Waals surface area contributed by atoms with Crippen LogP contribution in [-0.2, 0) is 16.4 Å². The number of amides is 2. The normalized spacial score (nSPS) is 18.0. The number of sulfone groups is 1. The predicted octanol–water partition coefficient (Wildman–Crippen LogP) is 1.27. The van der Waals surface area contributed by atoms with Gasteiger partial charge in [0.1, 0.15) is 5.69 Å². The molecule has 1 fully saturated rings. The maximum absolute atomic E-state index is 12.6. The van der Waals surface area contributed by atoms with Gasteiger partial charge in [-0.15, -0.1) is 0 Å². The van der Waals surface area contributed by atoms with Crippen molar-refractivity contribution < 1.29 is 18.0 Å². The minimum atomic E-state index is -3.08. The molecule has 2 heterocycles. The van der Waals surface area contributed by atoms with E-state index in [1.54, 1.807) is 18.0 Å². The first kappa shape index (κ1) is 19.0. The zero-order valence-electron chi connectivity index (χ0n) is 15.0. The first-order valence-electron chi connectivity index (χ1n) is 8.61. The second-order valence-electron chi connectivity index (χ2n) is 6.65. The highest BCUT2D eigenvalue weighted by Crippen LogP contribution is 2.13. The maximum atomic E-state index is 12.6. The predicted molar refractivity (Wildman–Crippen MR) is 101 cm³/mol. The molecule has 2 amide bonds. The molecule has 1 saturated heterocycles. The summed E-state index contributed by atoms with van der Waals surface area (Å²) in [6.07, 6.45) is 1.80. The molecule has 0 bridgehead atoms. The van der Waals surface area contributed by atoms with Crippen molar-refractivity contribution in [3.63, 3.8) is 0 Å². The largest absolute Gasteiger partial charge is 0.347 e. The van der Waals surface area contributed by atoms with Crippen LogP contribution in [0.3, 0.4) is 0 Å². The van der Waals surface area contributed by atoms with E-state index in [9.17, 15) is 18.0 Å². The van der Waals surface area contributed by atoms with Gasteiger partial charge in [0.25, 0.3) is 11.8 Å². The lowest BCUT2D eigenvalue weighted by Gasteiger charge is -2.17. The van der Waals surface area contributed by atoms with E-state index in [0.29, 0.717) is 18.5 Å². The van der Waals surface area contributed by atoms with Crippen LogP contribution in [0.2, 0.25) is 0 Å². The van der Waals surface area contributed by atoms with E-state index in [2.05, 4.69) is 10.3 Å². The van der Waals surface area contributed by atoms with Gasteiger partial charge in [-0.25, -0.2) is 8.42 Å². The Balaban J connectivity index is 1.67. The van der Waals surface area contributed by atoms with Gasteiger partial charge >= 0.3 is 0 Å². The van der Waals surface area contributed by atoms with Crippen LogP contribution in [0.5, 0.6) is 0 Å². The van der Waals surface area contributed by atoms with Crippen molar-refractivity contribution in [2.45, 2.75) is 19.0 Å². The average Bonchev–Trinajstić information content (AvgIpc) is 3.00. The molecule has 1 aliphatic rings. The van der Waals surface area contributed by atoms with E-state index >= 15 is 0 Å². The van der Waals surface area contributed by atoms with E-state index in [0.717, 1.165) is 5.56 Å². The summed E-state index contributed by atoms with van der Waals surface area (Å²) in [6.45, 7) is 0.448. The molecular weight excluding hydrogens is 366 g/mol. The Morgan fingerprint density at radius 2 is 1.96 bits per heavy atom. The van der Waals surface area contributed by atoms with Crippen molar-refractivity contribution in [1.29, 1.82) is 0 Å². The van der Waals surface area contributed by atoms with Crippen LogP contribution in [0, 0.1) is 0 Å². The smallest absolute Gasteiger partial charge is 0.270 e. The number of rotatable bonds is 5. The molecule has 1 unspecified atom stereocenters. The molecule has 3 rings (SSSR count). The number of nitrogens with one attached hydrogen (secondary N) is 1. The summed E-state index contributed by atoms with van der Waals surface area (Å²) in [7, 11) is -1.39. The summed E-state index contributed by atoms with van der Waals surface area (Å²) in [5.74, 6) is -0.679. The van der Waals surface area contributed by atoms with Crippen molar-refractivity contribution in [2.24, 2.45) is 0 Å². The van der Waals surface area contributed by atoms with Gasteiger partial charge in [0.2, 0.25) is 0 Å². The molecule has 8 heteroatoms. The summed E-state index contributed by atoms with van der Waals surface area (Å²) in [5.41, 5.74) is 1.45. The Kier molecular flexibility index (Phi) is 5.55. The Morgan fingerprint density at radius 3 is 2.63 bits per heavy atom. The third-order valence-corrected chi connectivity index (χ3v) is 6.18. The number of benzene rings is 1. The number of carbonyl (C=O) groups excluding carboxylic acids is 2. The highest BCUT2D eigenvalue weighted by molar-refractivity contribution is 7.91. The van der Waals surface area contributed by atoms with Crippen molar-refractivity contribution in [2.75, 3.05) is 18.6 Å². The number of pyridine rings is 1. The van der Waals surface area contributed by atoms with Crippen LogP contribution in [-0.4, -0.2) is 54.7 Å². The fourth-order valence-electron chi connectivity index (χ4n) is 3.01. The number of aromatic nitrogens is 1. The summed E-state index contributed by atoms with van der Waals surface area (Å²) in [5, 5.41) is 2.68. The van der Waals surface area contributed by atoms with E-state index in [4.69, 9.17) is 0 Å². The number of hydrogen-bond acceptors (Lipinski definition) is 5. The van der Waals surface area contributed by atoms with Gasteiger partial charge < -0.3 is 10.2 Å². The molecule has 2 aromatic rings. The van der Waals surface area contributed by atoms with Crippen LogP contribution in [0.15, 0.2) is 48.7 Å². The van der Waals surface area contributed by atoms with Gasteiger partial charge in [0, 0.05) is 31.4 Å². The molecular formula is C19H21N3O4S. The average molecular weight is 387 g/mol. The number of nitrogens with zero attached hydrogens (tertiary/aromatic N) is 2. The second-order valence-corrected chi connectivity index (χ2v) is 8.88. The summed E-state index contributed by atoms with van der Waals surface area (Å²) in [6, 6.07) is 12.2. The van der Waals surface area contributed by atoms with Gasteiger partial charge in [0.15, 0.2) is 9.84 Å². The second kappa shape index (κ2) is 7.87. The van der Waals surface area contributed by atoms with E-state index in [-0.39, 0.29) is 23.1 Å². The van der Waals surface area contributed by atoms with Crippen LogP contribution >= 0.6 is 0 Å². The minimum Gasteiger partial charge on any atom is -0.347 e. The van der Waals surface area contributed by atoms with Crippen LogP contribution in [0.4, 0.5) is 0 Å². The monoisotopic (exact) mass is 387 g/mol. The molecule has 0 radical (unpaired) electrons. The van der Waals surface area contributed by atoms with Crippen LogP contribution < -0.4 is 5.32 Å². The third kappa shape index (κ3) is 4.91. The molecule has 1 atom stereocenters. The maximum Gasteiger partial charge on any atom is 0.270 e. The molecule has 0 spiro atoms. The lowest BCUT2D eigenvalue weighted by Crippen LogP contribution is -2.36. The molecule has 1 N–H and O–H groups in total. The van der Waals surface area contributed by atoms with Crippen molar-refractivity contribution >= 4 is 21.7 Å². The van der Waals surface area contributed by atoms with Crippen molar-refractivity contribution in [1.82, 2.24) is 15.2 Å². The zero-order chi connectivity index (χ0) is 19.4. The molecule has 1 aromatic heterocycles. The topological polar surface area (TPSA) is 96.4 Å². The lowest BCUT2D eigenvalue weighted by molar-refractivity contribution is 0.0785. The number of hydrogen-bond donors (Lipinski definition) is 1. The SMILES string of the molecule is CN(Cc1ccccc1)C(=O)c1ccnc(C(=O)NC2CCS(=O)(=O)C2)c1. The molecule has 27 heavy (non-hydrogen) atoms. The quantitative estimate of drug-likeness (QED) is 0.833. The van der Waals surface area contributed by atoms with E-state index < -0.39 is 21.8 Å². The minimum absolute atomic E-state index is 0.0584. The van der Waals surface area contributed by atoms with Gasteiger partial charge in [-0.05, 0) is 24.1 Å².